The molecule has 0 radical (unpaired) electrons. The van der Waals surface area contributed by atoms with E-state index in [9.17, 15) is 18.3 Å². The quantitative estimate of drug-likeness (QED) is 0.816. The second-order valence-corrected chi connectivity index (χ2v) is 8.61. The maximum Gasteiger partial charge on any atom is 0.324 e. The lowest BCUT2D eigenvalue weighted by Gasteiger charge is -2.38. The van der Waals surface area contributed by atoms with Crippen molar-refractivity contribution in [2.75, 3.05) is 0 Å². The molecule has 0 heterocycles. The van der Waals surface area contributed by atoms with E-state index < -0.39 is 26.8 Å². The summed E-state index contributed by atoms with van der Waals surface area (Å²) in [5.41, 5.74) is -1.28. The normalized spacial score (nSPS) is 32.0. The molecule has 2 aliphatic carbocycles. The predicted molar refractivity (Wildman–Crippen MR) is 81.5 cm³/mol. The molecule has 0 aliphatic heterocycles. The lowest BCUT2D eigenvalue weighted by atomic mass is 9.76. The molecule has 21 heavy (non-hydrogen) atoms. The third-order valence-electron chi connectivity index (χ3n) is 5.27. The second-order valence-electron chi connectivity index (χ2n) is 6.65. The van der Waals surface area contributed by atoms with Gasteiger partial charge in [0.1, 0.15) is 5.54 Å². The van der Waals surface area contributed by atoms with Crippen molar-refractivity contribution in [3.63, 3.8) is 0 Å². The van der Waals surface area contributed by atoms with Crippen LogP contribution in [0, 0.1) is 5.92 Å². The van der Waals surface area contributed by atoms with Crippen LogP contribution in [0.5, 0.6) is 0 Å². The van der Waals surface area contributed by atoms with Gasteiger partial charge in [-0.15, -0.1) is 0 Å². The number of hydrogen-bond acceptors (Lipinski definition) is 3. The molecule has 0 bridgehead atoms. The predicted octanol–water partition coefficient (Wildman–Crippen LogP) is 2.66. The first-order valence-corrected chi connectivity index (χ1v) is 9.70. The average Bonchev–Trinajstić information content (AvgIpc) is 2.48. The minimum Gasteiger partial charge on any atom is -0.480 e. The molecule has 0 aromatic heterocycles. The van der Waals surface area contributed by atoms with Gasteiger partial charge in [0.05, 0.1) is 5.25 Å². The average molecular weight is 317 g/mol. The highest BCUT2D eigenvalue weighted by Gasteiger charge is 2.46. The highest BCUT2D eigenvalue weighted by Crippen LogP contribution is 2.35. The van der Waals surface area contributed by atoms with Crippen LogP contribution in [0.25, 0.3) is 0 Å². The summed E-state index contributed by atoms with van der Waals surface area (Å²) < 4.78 is 27.7. The van der Waals surface area contributed by atoms with Crippen LogP contribution >= 0.6 is 0 Å². The van der Waals surface area contributed by atoms with E-state index in [0.29, 0.717) is 31.6 Å². The van der Waals surface area contributed by atoms with E-state index >= 15 is 0 Å². The highest BCUT2D eigenvalue weighted by molar-refractivity contribution is 7.90. The molecular weight excluding hydrogens is 290 g/mol. The Morgan fingerprint density at radius 1 is 1.14 bits per heavy atom. The van der Waals surface area contributed by atoms with Crippen LogP contribution in [-0.4, -0.2) is 30.3 Å². The summed E-state index contributed by atoms with van der Waals surface area (Å²) in [4.78, 5) is 11.7. The molecule has 2 N–H and O–H groups in total. The van der Waals surface area contributed by atoms with Crippen molar-refractivity contribution in [1.82, 2.24) is 4.72 Å². The Hall–Kier alpha value is -0.620. The van der Waals surface area contributed by atoms with Crippen molar-refractivity contribution < 1.29 is 18.3 Å². The molecule has 0 aromatic carbocycles. The Morgan fingerprint density at radius 2 is 1.71 bits per heavy atom. The van der Waals surface area contributed by atoms with Crippen LogP contribution in [0.2, 0.25) is 0 Å². The number of hydrogen-bond donors (Lipinski definition) is 2. The first-order chi connectivity index (χ1) is 9.89. The lowest BCUT2D eigenvalue weighted by molar-refractivity contribution is -0.145. The van der Waals surface area contributed by atoms with Gasteiger partial charge in [-0.2, -0.15) is 4.72 Å². The van der Waals surface area contributed by atoms with E-state index in [-0.39, 0.29) is 0 Å². The Bertz CT molecular complexity index is 460. The summed E-state index contributed by atoms with van der Waals surface area (Å²) in [5.74, 6) is -0.493. The number of aliphatic carboxylic acids is 1. The maximum atomic E-state index is 12.5. The highest BCUT2D eigenvalue weighted by atomic mass is 32.2. The fraction of sp³-hybridized carbons (Fsp3) is 0.933. The van der Waals surface area contributed by atoms with Gasteiger partial charge in [-0.3, -0.25) is 4.79 Å². The third kappa shape index (κ3) is 3.77. The summed E-state index contributed by atoms with van der Waals surface area (Å²) >= 11 is 0. The molecule has 5 nitrogen and oxygen atoms in total. The minimum absolute atomic E-state index is 0.410. The monoisotopic (exact) mass is 317 g/mol. The van der Waals surface area contributed by atoms with Crippen molar-refractivity contribution in [1.29, 1.82) is 0 Å². The van der Waals surface area contributed by atoms with Gasteiger partial charge in [0.15, 0.2) is 0 Å². The summed E-state index contributed by atoms with van der Waals surface area (Å²) in [6.45, 7) is 2.10. The number of sulfonamides is 1. The summed E-state index contributed by atoms with van der Waals surface area (Å²) in [6.07, 6.45) is 7.66. The van der Waals surface area contributed by atoms with Crippen LogP contribution in [0.15, 0.2) is 0 Å². The van der Waals surface area contributed by atoms with Gasteiger partial charge in [0.25, 0.3) is 0 Å². The van der Waals surface area contributed by atoms with Crippen LogP contribution in [-0.2, 0) is 14.8 Å². The number of rotatable bonds is 5. The molecule has 0 atom stereocenters. The van der Waals surface area contributed by atoms with E-state index in [0.717, 1.165) is 38.5 Å². The van der Waals surface area contributed by atoms with Gasteiger partial charge in [-0.1, -0.05) is 32.6 Å². The standard InChI is InChI=1S/C15H27NO4S/c1-2-12-8-10-15(11-9-12,14(17)18)16-21(19,20)13-6-4-3-5-7-13/h12-13,16H,2-11H2,1H3,(H,17,18). The van der Waals surface area contributed by atoms with Crippen molar-refractivity contribution in [2.24, 2.45) is 5.92 Å². The molecule has 0 saturated heterocycles. The molecular formula is C15H27NO4S. The summed E-state index contributed by atoms with van der Waals surface area (Å²) in [6, 6.07) is 0. The molecule has 2 saturated carbocycles. The Kier molecular flexibility index (Phi) is 5.30. The number of carboxylic acids is 1. The SMILES string of the molecule is CCC1CCC(NS(=O)(=O)C2CCCCC2)(C(=O)O)CC1. The first-order valence-electron chi connectivity index (χ1n) is 8.16. The van der Waals surface area contributed by atoms with Gasteiger partial charge in [-0.05, 0) is 44.4 Å². The molecule has 2 aliphatic rings. The van der Waals surface area contributed by atoms with Gasteiger partial charge >= 0.3 is 5.97 Å². The van der Waals surface area contributed by atoms with Crippen LogP contribution < -0.4 is 4.72 Å². The molecule has 0 unspecified atom stereocenters. The zero-order valence-corrected chi connectivity index (χ0v) is 13.6. The Balaban J connectivity index is 2.11. The van der Waals surface area contributed by atoms with E-state index in [4.69, 9.17) is 0 Å². The lowest BCUT2D eigenvalue weighted by Crippen LogP contribution is -2.58. The van der Waals surface area contributed by atoms with Crippen molar-refractivity contribution in [3.05, 3.63) is 0 Å². The first kappa shape index (κ1) is 16.7. The van der Waals surface area contributed by atoms with Crippen LogP contribution in [0.1, 0.15) is 71.1 Å². The van der Waals surface area contributed by atoms with Gasteiger partial charge in [-0.25, -0.2) is 8.42 Å². The Morgan fingerprint density at radius 3 is 2.19 bits per heavy atom. The number of carboxylic acid groups (broad SMARTS) is 1. The van der Waals surface area contributed by atoms with Gasteiger partial charge in [0.2, 0.25) is 10.0 Å². The molecule has 2 fully saturated rings. The van der Waals surface area contributed by atoms with E-state index in [2.05, 4.69) is 11.6 Å². The van der Waals surface area contributed by atoms with Crippen LogP contribution in [0.3, 0.4) is 0 Å². The maximum absolute atomic E-state index is 12.5. The smallest absolute Gasteiger partial charge is 0.324 e. The summed E-state index contributed by atoms with van der Waals surface area (Å²) in [5, 5.41) is 9.17. The largest absolute Gasteiger partial charge is 0.480 e. The fourth-order valence-corrected chi connectivity index (χ4v) is 5.63. The third-order valence-corrected chi connectivity index (χ3v) is 7.30. The number of nitrogens with one attached hydrogen (secondary N) is 1. The van der Waals surface area contributed by atoms with Gasteiger partial charge in [0, 0.05) is 0 Å². The zero-order chi connectivity index (χ0) is 15.5. The fourth-order valence-electron chi connectivity index (χ4n) is 3.67. The van der Waals surface area contributed by atoms with Gasteiger partial charge < -0.3 is 5.11 Å². The van der Waals surface area contributed by atoms with Crippen LogP contribution in [0.4, 0.5) is 0 Å². The summed E-state index contributed by atoms with van der Waals surface area (Å²) in [7, 11) is -3.54. The molecule has 0 aromatic rings. The van der Waals surface area contributed by atoms with Crippen molar-refractivity contribution in [3.8, 4) is 0 Å². The van der Waals surface area contributed by atoms with Crippen molar-refractivity contribution >= 4 is 16.0 Å². The molecule has 6 heteroatoms. The zero-order valence-electron chi connectivity index (χ0n) is 12.8. The minimum atomic E-state index is -3.54. The van der Waals surface area contributed by atoms with E-state index in [1.54, 1.807) is 0 Å². The molecule has 2 rings (SSSR count). The van der Waals surface area contributed by atoms with E-state index in [1.807, 2.05) is 0 Å². The number of carbonyl (C=O) groups is 1. The van der Waals surface area contributed by atoms with Crippen molar-refractivity contribution in [2.45, 2.75) is 81.9 Å². The molecule has 0 spiro atoms. The molecule has 0 amide bonds. The van der Waals surface area contributed by atoms with E-state index in [1.165, 1.54) is 0 Å². The molecule has 122 valence electrons. The second kappa shape index (κ2) is 6.65. The Labute approximate surface area is 127 Å². The topological polar surface area (TPSA) is 83.5 Å².